The Balaban J connectivity index is 1.89. The fourth-order valence-corrected chi connectivity index (χ4v) is 2.80. The maximum Gasteiger partial charge on any atom is 0.0752 e. The topological polar surface area (TPSA) is 29.9 Å². The number of hydrogen-bond acceptors (Lipinski definition) is 3. The molecule has 0 aliphatic heterocycles. The van der Waals surface area contributed by atoms with Crippen LogP contribution in [0.4, 0.5) is 0 Å². The lowest BCUT2D eigenvalue weighted by Gasteiger charge is -1.99. The van der Waals surface area contributed by atoms with Crippen LogP contribution in [0.15, 0.2) is 24.5 Å². The van der Waals surface area contributed by atoms with Crippen molar-refractivity contribution in [1.29, 1.82) is 0 Å². The number of nitrogens with one attached hydrogen (secondary N) is 1. The van der Waals surface area contributed by atoms with Crippen LogP contribution in [0.2, 0.25) is 0 Å². The fourth-order valence-electron chi connectivity index (χ4n) is 1.85. The van der Waals surface area contributed by atoms with Crippen molar-refractivity contribution in [3.05, 3.63) is 39.8 Å². The van der Waals surface area contributed by atoms with Crippen LogP contribution in [-0.2, 0) is 19.5 Å². The van der Waals surface area contributed by atoms with Crippen LogP contribution in [0.5, 0.6) is 0 Å². The van der Waals surface area contributed by atoms with Crippen molar-refractivity contribution in [3.8, 4) is 0 Å². The summed E-state index contributed by atoms with van der Waals surface area (Å²) in [5.74, 6) is 0. The molecule has 18 heavy (non-hydrogen) atoms. The minimum Gasteiger partial charge on any atom is -0.313 e. The molecule has 0 aliphatic rings. The maximum absolute atomic E-state index is 4.41. The third-order valence-electron chi connectivity index (χ3n) is 2.83. The lowest BCUT2D eigenvalue weighted by molar-refractivity contribution is 0.670. The summed E-state index contributed by atoms with van der Waals surface area (Å²) in [6.45, 7) is 7.24. The average molecular weight is 263 g/mol. The van der Waals surface area contributed by atoms with Crippen LogP contribution in [0.1, 0.15) is 35.6 Å². The summed E-state index contributed by atoms with van der Waals surface area (Å²) < 4.78 is 2.02. The normalized spacial score (nSPS) is 11.0. The third kappa shape index (κ3) is 3.68. The highest BCUT2D eigenvalue weighted by Gasteiger charge is 2.02. The second kappa shape index (κ2) is 6.71. The van der Waals surface area contributed by atoms with Gasteiger partial charge < -0.3 is 5.32 Å². The average Bonchev–Trinajstić information content (AvgIpc) is 3.00. The van der Waals surface area contributed by atoms with E-state index >= 15 is 0 Å². The molecule has 0 saturated carbocycles. The van der Waals surface area contributed by atoms with Gasteiger partial charge in [0.2, 0.25) is 0 Å². The van der Waals surface area contributed by atoms with Crippen molar-refractivity contribution in [2.45, 2.75) is 39.8 Å². The van der Waals surface area contributed by atoms with Crippen LogP contribution >= 0.6 is 11.3 Å². The fraction of sp³-hybridized carbons (Fsp3) is 0.500. The number of thiophene rings is 1. The van der Waals surface area contributed by atoms with E-state index in [0.29, 0.717) is 0 Å². The van der Waals surface area contributed by atoms with Crippen molar-refractivity contribution >= 4 is 11.3 Å². The highest BCUT2D eigenvalue weighted by Crippen LogP contribution is 2.17. The molecule has 0 unspecified atom stereocenters. The molecule has 0 saturated heterocycles. The zero-order valence-corrected chi connectivity index (χ0v) is 12.0. The molecular weight excluding hydrogens is 242 g/mol. The standard InChI is InChI=1S/C14H21N3S/c1-3-7-15-8-12-9-16-17(10-12)11-14-6-5-13(4-2)18-14/h5-6,9-10,15H,3-4,7-8,11H2,1-2H3. The predicted octanol–water partition coefficient (Wildman–Crippen LogP) is 3.05. The molecule has 2 aromatic heterocycles. The van der Waals surface area contributed by atoms with E-state index in [4.69, 9.17) is 0 Å². The van der Waals surface area contributed by atoms with Gasteiger partial charge in [0, 0.05) is 28.1 Å². The number of nitrogens with zero attached hydrogens (tertiary/aromatic N) is 2. The van der Waals surface area contributed by atoms with Gasteiger partial charge in [-0.2, -0.15) is 5.10 Å². The smallest absolute Gasteiger partial charge is 0.0752 e. The van der Waals surface area contributed by atoms with Crippen molar-refractivity contribution in [2.75, 3.05) is 6.54 Å². The molecule has 0 fully saturated rings. The molecule has 0 spiro atoms. The molecule has 0 aromatic carbocycles. The van der Waals surface area contributed by atoms with Gasteiger partial charge in [0.15, 0.2) is 0 Å². The van der Waals surface area contributed by atoms with Crippen LogP contribution in [0.3, 0.4) is 0 Å². The number of aromatic nitrogens is 2. The highest BCUT2D eigenvalue weighted by atomic mass is 32.1. The Morgan fingerprint density at radius 3 is 2.83 bits per heavy atom. The van der Waals surface area contributed by atoms with Crippen molar-refractivity contribution < 1.29 is 0 Å². The molecule has 0 bridgehead atoms. The predicted molar refractivity (Wildman–Crippen MR) is 77.0 cm³/mol. The van der Waals surface area contributed by atoms with Crippen molar-refractivity contribution in [2.24, 2.45) is 0 Å². The number of hydrogen-bond donors (Lipinski definition) is 1. The Kier molecular flexibility index (Phi) is 4.96. The summed E-state index contributed by atoms with van der Waals surface area (Å²) in [4.78, 5) is 2.82. The van der Waals surface area contributed by atoms with Gasteiger partial charge >= 0.3 is 0 Å². The highest BCUT2D eigenvalue weighted by molar-refractivity contribution is 7.11. The third-order valence-corrected chi connectivity index (χ3v) is 4.04. The zero-order valence-electron chi connectivity index (χ0n) is 11.1. The molecule has 0 amide bonds. The molecule has 2 rings (SSSR count). The Labute approximate surface area is 113 Å². The summed E-state index contributed by atoms with van der Waals surface area (Å²) >= 11 is 1.88. The minimum atomic E-state index is 0.887. The summed E-state index contributed by atoms with van der Waals surface area (Å²) in [6.07, 6.45) is 6.38. The molecular formula is C14H21N3S. The van der Waals surface area contributed by atoms with E-state index in [0.717, 1.165) is 26.1 Å². The second-order valence-corrected chi connectivity index (χ2v) is 5.70. The van der Waals surface area contributed by atoms with Gasteiger partial charge in [0.05, 0.1) is 12.7 Å². The van der Waals surface area contributed by atoms with E-state index in [1.165, 1.54) is 21.7 Å². The largest absolute Gasteiger partial charge is 0.313 e. The summed E-state index contributed by atoms with van der Waals surface area (Å²) in [6, 6.07) is 4.42. The second-order valence-electron chi connectivity index (χ2n) is 4.44. The molecule has 4 heteroatoms. The van der Waals surface area contributed by atoms with Gasteiger partial charge in [0.1, 0.15) is 0 Å². The summed E-state index contributed by atoms with van der Waals surface area (Å²) in [5.41, 5.74) is 1.26. The van der Waals surface area contributed by atoms with Gasteiger partial charge in [0.25, 0.3) is 0 Å². The van der Waals surface area contributed by atoms with Gasteiger partial charge in [-0.1, -0.05) is 13.8 Å². The zero-order chi connectivity index (χ0) is 12.8. The monoisotopic (exact) mass is 263 g/mol. The van der Waals surface area contributed by atoms with Crippen LogP contribution in [0, 0.1) is 0 Å². The first-order valence-corrected chi connectivity index (χ1v) is 7.43. The van der Waals surface area contributed by atoms with E-state index in [9.17, 15) is 0 Å². The molecule has 98 valence electrons. The molecule has 2 heterocycles. The summed E-state index contributed by atoms with van der Waals surface area (Å²) in [7, 11) is 0. The lowest BCUT2D eigenvalue weighted by Crippen LogP contribution is -2.13. The van der Waals surface area contributed by atoms with Gasteiger partial charge in [-0.25, -0.2) is 0 Å². The maximum atomic E-state index is 4.41. The Hall–Kier alpha value is -1.13. The van der Waals surface area contributed by atoms with Crippen LogP contribution in [0.25, 0.3) is 0 Å². The first-order valence-electron chi connectivity index (χ1n) is 6.61. The van der Waals surface area contributed by atoms with Crippen molar-refractivity contribution in [1.82, 2.24) is 15.1 Å². The molecule has 0 aliphatic carbocycles. The lowest BCUT2D eigenvalue weighted by atomic mass is 10.3. The number of rotatable bonds is 7. The van der Waals surface area contributed by atoms with E-state index in [-0.39, 0.29) is 0 Å². The summed E-state index contributed by atoms with van der Waals surface area (Å²) in [5, 5.41) is 7.80. The molecule has 0 radical (unpaired) electrons. The Morgan fingerprint density at radius 2 is 2.11 bits per heavy atom. The van der Waals surface area contributed by atoms with Crippen LogP contribution in [-0.4, -0.2) is 16.3 Å². The van der Waals surface area contributed by atoms with E-state index < -0.39 is 0 Å². The molecule has 1 N–H and O–H groups in total. The number of aryl methyl sites for hydroxylation is 1. The first-order chi connectivity index (χ1) is 8.81. The molecule has 0 atom stereocenters. The Bertz CT molecular complexity index is 473. The van der Waals surface area contributed by atoms with Gasteiger partial charge in [-0.15, -0.1) is 11.3 Å². The van der Waals surface area contributed by atoms with E-state index in [1.54, 1.807) is 0 Å². The Morgan fingerprint density at radius 1 is 1.28 bits per heavy atom. The van der Waals surface area contributed by atoms with E-state index in [2.05, 4.69) is 42.6 Å². The molecule has 3 nitrogen and oxygen atoms in total. The van der Waals surface area contributed by atoms with Crippen LogP contribution < -0.4 is 5.32 Å². The molecule has 2 aromatic rings. The van der Waals surface area contributed by atoms with Gasteiger partial charge in [-0.05, 0) is 31.5 Å². The van der Waals surface area contributed by atoms with Gasteiger partial charge in [-0.3, -0.25) is 4.68 Å². The quantitative estimate of drug-likeness (QED) is 0.778. The van der Waals surface area contributed by atoms with E-state index in [1.807, 2.05) is 22.2 Å². The SMILES string of the molecule is CCCNCc1cnn(Cc2ccc(CC)s2)c1. The first kappa shape index (κ1) is 13.3. The minimum absolute atomic E-state index is 0.887. The van der Waals surface area contributed by atoms with Crippen molar-refractivity contribution in [3.63, 3.8) is 0 Å².